The standard InChI is InChI=1S/C29H28N2O5/c1-16-27(17(2)36-31-16)29(33)26-14-22-12-20(10-11-25(22)35-26)13-23(32)15-24(21-8-6-5-7-9-21)28-18(3)34-19(4)30-28/h5-12,14,24,29,33H,13,15H2,1-4H3. The van der Waals surface area contributed by atoms with Gasteiger partial charge in [-0.05, 0) is 50.1 Å². The molecule has 3 heterocycles. The maximum Gasteiger partial charge on any atom is 0.191 e. The van der Waals surface area contributed by atoms with Gasteiger partial charge in [-0.25, -0.2) is 4.98 Å². The molecule has 0 aliphatic rings. The third kappa shape index (κ3) is 4.62. The Morgan fingerprint density at radius 1 is 0.972 bits per heavy atom. The number of carbonyl (C=O) groups excluding carboxylic acids is 1. The van der Waals surface area contributed by atoms with E-state index in [1.807, 2.05) is 62.4 Å². The van der Waals surface area contributed by atoms with Gasteiger partial charge in [0.1, 0.15) is 34.8 Å². The Morgan fingerprint density at radius 3 is 2.42 bits per heavy atom. The number of fused-ring (bicyclic) bond motifs is 1. The highest BCUT2D eigenvalue weighted by Gasteiger charge is 2.25. The molecule has 2 unspecified atom stereocenters. The molecule has 0 aliphatic heterocycles. The second kappa shape index (κ2) is 9.59. The number of furan rings is 1. The predicted molar refractivity (Wildman–Crippen MR) is 134 cm³/mol. The Kier molecular flexibility index (Phi) is 6.33. The lowest BCUT2D eigenvalue weighted by Gasteiger charge is -2.15. The first kappa shape index (κ1) is 23.8. The molecule has 5 rings (SSSR count). The molecule has 0 bridgehead atoms. The number of carbonyl (C=O) groups is 1. The SMILES string of the molecule is Cc1nc(C(CC(=O)Cc2ccc3oc(C(O)c4c(C)noc4C)cc3c2)c2ccccc2)c(C)o1. The number of hydrogen-bond acceptors (Lipinski definition) is 7. The van der Waals surface area contributed by atoms with E-state index in [-0.39, 0.29) is 18.1 Å². The van der Waals surface area contributed by atoms with Crippen LogP contribution >= 0.6 is 0 Å². The lowest BCUT2D eigenvalue weighted by Crippen LogP contribution is -2.12. The van der Waals surface area contributed by atoms with E-state index in [2.05, 4.69) is 10.1 Å². The van der Waals surface area contributed by atoms with Crippen molar-refractivity contribution in [3.05, 3.63) is 106 Å². The Morgan fingerprint density at radius 2 is 1.75 bits per heavy atom. The normalized spacial score (nSPS) is 13.2. The number of ketones is 1. The van der Waals surface area contributed by atoms with Gasteiger partial charge < -0.3 is 18.5 Å². The highest BCUT2D eigenvalue weighted by atomic mass is 16.5. The number of aliphatic hydroxyl groups is 1. The summed E-state index contributed by atoms with van der Waals surface area (Å²) in [7, 11) is 0. The van der Waals surface area contributed by atoms with E-state index in [1.165, 1.54) is 0 Å². The largest absolute Gasteiger partial charge is 0.458 e. The molecule has 5 aromatic rings. The number of hydrogen-bond donors (Lipinski definition) is 1. The number of rotatable bonds is 8. The summed E-state index contributed by atoms with van der Waals surface area (Å²) in [6, 6.07) is 17.4. The van der Waals surface area contributed by atoms with Crippen molar-refractivity contribution in [2.24, 2.45) is 0 Å². The van der Waals surface area contributed by atoms with Crippen molar-refractivity contribution in [1.82, 2.24) is 10.1 Å². The zero-order valence-corrected chi connectivity index (χ0v) is 20.7. The van der Waals surface area contributed by atoms with Crippen molar-refractivity contribution < 1.29 is 23.3 Å². The fourth-order valence-electron chi connectivity index (χ4n) is 4.83. The molecule has 7 nitrogen and oxygen atoms in total. The van der Waals surface area contributed by atoms with Gasteiger partial charge in [0.05, 0.1) is 17.0 Å². The van der Waals surface area contributed by atoms with Crippen LogP contribution in [-0.4, -0.2) is 21.0 Å². The summed E-state index contributed by atoms with van der Waals surface area (Å²) >= 11 is 0. The summed E-state index contributed by atoms with van der Waals surface area (Å²) in [5, 5.41) is 15.6. The fourth-order valence-corrected chi connectivity index (χ4v) is 4.83. The highest BCUT2D eigenvalue weighted by molar-refractivity contribution is 5.85. The summed E-state index contributed by atoms with van der Waals surface area (Å²) < 4.78 is 16.7. The molecule has 2 atom stereocenters. The highest BCUT2D eigenvalue weighted by Crippen LogP contribution is 2.33. The van der Waals surface area contributed by atoms with E-state index in [4.69, 9.17) is 13.4 Å². The second-order valence-electron chi connectivity index (χ2n) is 9.22. The molecular formula is C29H28N2O5. The Bertz CT molecular complexity index is 1510. The van der Waals surface area contributed by atoms with Gasteiger partial charge in [0.15, 0.2) is 5.89 Å². The minimum Gasteiger partial charge on any atom is -0.458 e. The molecule has 0 saturated heterocycles. The summed E-state index contributed by atoms with van der Waals surface area (Å²) in [5.41, 5.74) is 4.59. The van der Waals surface area contributed by atoms with E-state index >= 15 is 0 Å². The van der Waals surface area contributed by atoms with Crippen molar-refractivity contribution in [3.63, 3.8) is 0 Å². The van der Waals surface area contributed by atoms with Crippen molar-refractivity contribution in [2.75, 3.05) is 0 Å². The van der Waals surface area contributed by atoms with Crippen molar-refractivity contribution in [3.8, 4) is 0 Å². The van der Waals surface area contributed by atoms with Gasteiger partial charge in [-0.2, -0.15) is 0 Å². The zero-order valence-electron chi connectivity index (χ0n) is 20.7. The van der Waals surface area contributed by atoms with Gasteiger partial charge in [0.2, 0.25) is 0 Å². The van der Waals surface area contributed by atoms with E-state index in [0.717, 1.165) is 28.0 Å². The van der Waals surface area contributed by atoms with Crippen LogP contribution in [0.25, 0.3) is 11.0 Å². The summed E-state index contributed by atoms with van der Waals surface area (Å²) in [6.07, 6.45) is -0.382. The van der Waals surface area contributed by atoms with Crippen LogP contribution in [0.2, 0.25) is 0 Å². The average molecular weight is 485 g/mol. The van der Waals surface area contributed by atoms with Crippen LogP contribution in [0.3, 0.4) is 0 Å². The smallest absolute Gasteiger partial charge is 0.191 e. The lowest BCUT2D eigenvalue weighted by atomic mass is 9.88. The van der Waals surface area contributed by atoms with Crippen LogP contribution in [0.5, 0.6) is 0 Å². The Balaban J connectivity index is 1.37. The number of aryl methyl sites for hydroxylation is 4. The molecule has 36 heavy (non-hydrogen) atoms. The molecule has 0 saturated carbocycles. The van der Waals surface area contributed by atoms with Gasteiger partial charge in [-0.3, -0.25) is 4.79 Å². The summed E-state index contributed by atoms with van der Waals surface area (Å²) in [6.45, 7) is 7.25. The Labute approximate surface area is 208 Å². The van der Waals surface area contributed by atoms with E-state index in [9.17, 15) is 9.90 Å². The molecule has 184 valence electrons. The molecule has 0 aliphatic carbocycles. The van der Waals surface area contributed by atoms with Crippen LogP contribution in [0.15, 0.2) is 68.0 Å². The number of aliphatic hydroxyl groups excluding tert-OH is 1. The van der Waals surface area contributed by atoms with Crippen LogP contribution in [0.4, 0.5) is 0 Å². The van der Waals surface area contributed by atoms with Gasteiger partial charge in [0.25, 0.3) is 0 Å². The number of benzene rings is 2. The quantitative estimate of drug-likeness (QED) is 0.286. The average Bonchev–Trinajstić information content (AvgIpc) is 3.53. The third-order valence-electron chi connectivity index (χ3n) is 6.54. The minimum atomic E-state index is -0.977. The van der Waals surface area contributed by atoms with Gasteiger partial charge >= 0.3 is 0 Å². The van der Waals surface area contributed by atoms with Crippen molar-refractivity contribution in [1.29, 1.82) is 0 Å². The molecule has 7 heteroatoms. The number of Topliss-reactive ketones (excluding diaryl/α,β-unsaturated/α-hetero) is 1. The maximum absolute atomic E-state index is 13.2. The zero-order chi connectivity index (χ0) is 25.4. The number of nitrogens with zero attached hydrogens (tertiary/aromatic N) is 2. The van der Waals surface area contributed by atoms with Crippen LogP contribution in [0.1, 0.15) is 69.7 Å². The number of aromatic nitrogens is 2. The molecule has 1 N–H and O–H groups in total. The Hall–Kier alpha value is -3.97. The minimum absolute atomic E-state index is 0.0998. The van der Waals surface area contributed by atoms with Crippen molar-refractivity contribution >= 4 is 16.8 Å². The summed E-state index contributed by atoms with van der Waals surface area (Å²) in [5.74, 6) is 2.21. The molecule has 0 radical (unpaired) electrons. The monoisotopic (exact) mass is 484 g/mol. The molecule has 0 amide bonds. The first-order valence-electron chi connectivity index (χ1n) is 11.9. The third-order valence-corrected chi connectivity index (χ3v) is 6.54. The van der Waals surface area contributed by atoms with Crippen LogP contribution < -0.4 is 0 Å². The van der Waals surface area contributed by atoms with E-state index in [1.54, 1.807) is 19.9 Å². The first-order chi connectivity index (χ1) is 17.3. The van der Waals surface area contributed by atoms with E-state index < -0.39 is 6.10 Å². The predicted octanol–water partition coefficient (Wildman–Crippen LogP) is 6.06. The fraction of sp³-hybridized carbons (Fsp3) is 0.276. The lowest BCUT2D eigenvalue weighted by molar-refractivity contribution is -0.118. The molecule has 0 spiro atoms. The van der Waals surface area contributed by atoms with Gasteiger partial charge in [0, 0.05) is 31.1 Å². The first-order valence-corrected chi connectivity index (χ1v) is 11.9. The maximum atomic E-state index is 13.2. The molecule has 0 fully saturated rings. The number of oxazole rings is 1. The van der Waals surface area contributed by atoms with Crippen LogP contribution in [-0.2, 0) is 11.2 Å². The molecular weight excluding hydrogens is 456 g/mol. The molecule has 2 aromatic carbocycles. The van der Waals surface area contributed by atoms with E-state index in [0.29, 0.717) is 40.7 Å². The molecule has 3 aromatic heterocycles. The van der Waals surface area contributed by atoms with Gasteiger partial charge in [-0.15, -0.1) is 0 Å². The topological polar surface area (TPSA) is 102 Å². The second-order valence-corrected chi connectivity index (χ2v) is 9.22. The summed E-state index contributed by atoms with van der Waals surface area (Å²) in [4.78, 5) is 17.8. The van der Waals surface area contributed by atoms with Crippen molar-refractivity contribution in [2.45, 2.75) is 52.6 Å². The van der Waals surface area contributed by atoms with Gasteiger partial charge in [-0.1, -0.05) is 41.6 Å². The van der Waals surface area contributed by atoms with Crippen LogP contribution in [0, 0.1) is 27.7 Å².